The Balaban J connectivity index is 1.78. The van der Waals surface area contributed by atoms with Crippen molar-refractivity contribution in [2.24, 2.45) is 5.92 Å². The number of nitrogens with one attached hydrogen (secondary N) is 2. The summed E-state index contributed by atoms with van der Waals surface area (Å²) < 4.78 is 0. The van der Waals surface area contributed by atoms with E-state index in [1.165, 1.54) is 4.90 Å². The van der Waals surface area contributed by atoms with Gasteiger partial charge in [-0.2, -0.15) is 0 Å². The molecule has 0 spiro atoms. The second kappa shape index (κ2) is 6.68. The first-order chi connectivity index (χ1) is 11.5. The highest BCUT2D eigenvalue weighted by molar-refractivity contribution is 6.34. The van der Waals surface area contributed by atoms with Gasteiger partial charge in [-0.3, -0.25) is 14.5 Å². The number of aliphatic carboxylic acids is 1. The molecule has 3 N–H and O–H groups in total. The molecule has 1 aliphatic carbocycles. The average molecular weight is 352 g/mol. The fourth-order valence-corrected chi connectivity index (χ4v) is 3.46. The number of urea groups is 1. The number of nitrogens with zero attached hydrogens (tertiary/aromatic N) is 1. The fraction of sp³-hybridized carbons (Fsp3) is 0.438. The second-order valence-electron chi connectivity index (χ2n) is 6.01. The van der Waals surface area contributed by atoms with Gasteiger partial charge in [-0.15, -0.1) is 0 Å². The van der Waals surface area contributed by atoms with Gasteiger partial charge in [-0.05, 0) is 31.0 Å². The van der Waals surface area contributed by atoms with Crippen LogP contribution in [0.5, 0.6) is 0 Å². The Morgan fingerprint density at radius 1 is 1.33 bits per heavy atom. The molecule has 0 aromatic heterocycles. The topological polar surface area (TPSA) is 98.7 Å². The van der Waals surface area contributed by atoms with Crippen LogP contribution in [0.1, 0.15) is 29.6 Å². The number of hydrogen-bond acceptors (Lipinski definition) is 3. The standard InChI is InChI=1S/C16H18ClN3O4/c17-11-5-4-9(8-13(11)20-7-6-18-16(20)24)14(21)19-12-3-1-2-10(12)15(22)23/h4-5,8,10,12H,1-3,6-7H2,(H,18,24)(H,19,21)(H,22,23)/t10-,12+/m1/s1. The molecular weight excluding hydrogens is 334 g/mol. The number of amides is 3. The van der Waals surface area contributed by atoms with Crippen molar-refractivity contribution < 1.29 is 19.5 Å². The molecule has 2 aliphatic rings. The molecule has 3 amide bonds. The maximum atomic E-state index is 12.5. The summed E-state index contributed by atoms with van der Waals surface area (Å²) in [5, 5.41) is 15.1. The highest BCUT2D eigenvalue weighted by Gasteiger charge is 2.34. The van der Waals surface area contributed by atoms with Crippen molar-refractivity contribution in [2.75, 3.05) is 18.0 Å². The maximum absolute atomic E-state index is 12.5. The lowest BCUT2D eigenvalue weighted by Crippen LogP contribution is -2.40. The van der Waals surface area contributed by atoms with Crippen LogP contribution in [0, 0.1) is 5.92 Å². The average Bonchev–Trinajstić information content (AvgIpc) is 3.16. The van der Waals surface area contributed by atoms with Crippen molar-refractivity contribution >= 4 is 35.2 Å². The number of carbonyl (C=O) groups is 3. The van der Waals surface area contributed by atoms with Crippen LogP contribution in [0.15, 0.2) is 18.2 Å². The zero-order chi connectivity index (χ0) is 17.3. The Morgan fingerprint density at radius 3 is 2.79 bits per heavy atom. The van der Waals surface area contributed by atoms with Crippen molar-refractivity contribution in [3.05, 3.63) is 28.8 Å². The summed E-state index contributed by atoms with van der Waals surface area (Å²) in [4.78, 5) is 37.0. The van der Waals surface area contributed by atoms with E-state index in [4.69, 9.17) is 11.6 Å². The SMILES string of the molecule is O=C(N[C@H]1CCC[C@H]1C(=O)O)c1ccc(Cl)c(N2CCNC2=O)c1. The Morgan fingerprint density at radius 2 is 2.12 bits per heavy atom. The molecule has 0 bridgehead atoms. The molecular formula is C16H18ClN3O4. The molecule has 1 aromatic carbocycles. The summed E-state index contributed by atoms with van der Waals surface area (Å²) in [5.41, 5.74) is 0.825. The summed E-state index contributed by atoms with van der Waals surface area (Å²) in [7, 11) is 0. The summed E-state index contributed by atoms with van der Waals surface area (Å²) in [6.07, 6.45) is 2.00. The fourth-order valence-electron chi connectivity index (χ4n) is 3.24. The van der Waals surface area contributed by atoms with E-state index in [0.29, 0.717) is 42.2 Å². The molecule has 0 radical (unpaired) electrons. The molecule has 2 atom stereocenters. The van der Waals surface area contributed by atoms with Crippen LogP contribution >= 0.6 is 11.6 Å². The van der Waals surface area contributed by atoms with Crippen LogP contribution in [-0.2, 0) is 4.79 Å². The molecule has 128 valence electrons. The normalized spacial score (nSPS) is 23.2. The largest absolute Gasteiger partial charge is 0.481 e. The lowest BCUT2D eigenvalue weighted by Gasteiger charge is -2.19. The number of carboxylic acid groups (broad SMARTS) is 1. The Labute approximate surface area is 144 Å². The minimum absolute atomic E-state index is 0.254. The van der Waals surface area contributed by atoms with Gasteiger partial charge in [0.1, 0.15) is 0 Å². The number of carbonyl (C=O) groups excluding carboxylic acids is 2. The molecule has 8 heteroatoms. The number of carboxylic acids is 1. The van der Waals surface area contributed by atoms with E-state index in [9.17, 15) is 19.5 Å². The van der Waals surface area contributed by atoms with Gasteiger partial charge >= 0.3 is 12.0 Å². The van der Waals surface area contributed by atoms with Gasteiger partial charge in [0.15, 0.2) is 0 Å². The predicted octanol–water partition coefficient (Wildman–Crippen LogP) is 1.85. The Bertz CT molecular complexity index is 694. The summed E-state index contributed by atoms with van der Waals surface area (Å²) in [6.45, 7) is 1.00. The van der Waals surface area contributed by atoms with E-state index in [1.54, 1.807) is 18.2 Å². The lowest BCUT2D eigenvalue weighted by atomic mass is 10.0. The first kappa shape index (κ1) is 16.6. The van der Waals surface area contributed by atoms with Crippen molar-refractivity contribution in [2.45, 2.75) is 25.3 Å². The number of benzene rings is 1. The predicted molar refractivity (Wildman–Crippen MR) is 88.4 cm³/mol. The Kier molecular flexibility index (Phi) is 4.62. The molecule has 7 nitrogen and oxygen atoms in total. The monoisotopic (exact) mass is 351 g/mol. The molecule has 3 rings (SSSR count). The number of hydrogen-bond donors (Lipinski definition) is 3. The molecule has 0 unspecified atom stereocenters. The van der Waals surface area contributed by atoms with Gasteiger partial charge < -0.3 is 15.7 Å². The van der Waals surface area contributed by atoms with Crippen LogP contribution < -0.4 is 15.5 Å². The quantitative estimate of drug-likeness (QED) is 0.771. The van der Waals surface area contributed by atoms with Crippen molar-refractivity contribution in [1.82, 2.24) is 10.6 Å². The van der Waals surface area contributed by atoms with E-state index in [1.807, 2.05) is 0 Å². The van der Waals surface area contributed by atoms with Gasteiger partial charge in [0, 0.05) is 24.7 Å². The first-order valence-corrected chi connectivity index (χ1v) is 8.24. The number of anilines is 1. The van der Waals surface area contributed by atoms with Gasteiger partial charge in [-0.25, -0.2) is 4.79 Å². The van der Waals surface area contributed by atoms with Gasteiger partial charge in [-0.1, -0.05) is 18.0 Å². The molecule has 2 fully saturated rings. The van der Waals surface area contributed by atoms with Crippen LogP contribution in [-0.4, -0.2) is 42.1 Å². The summed E-state index contributed by atoms with van der Waals surface area (Å²) in [5.74, 6) is -1.79. The minimum atomic E-state index is -0.886. The van der Waals surface area contributed by atoms with Gasteiger partial charge in [0.2, 0.25) is 0 Å². The summed E-state index contributed by atoms with van der Waals surface area (Å²) >= 11 is 6.15. The van der Waals surface area contributed by atoms with E-state index in [-0.39, 0.29) is 18.0 Å². The third-order valence-electron chi connectivity index (χ3n) is 4.51. The highest BCUT2D eigenvalue weighted by atomic mass is 35.5. The van der Waals surface area contributed by atoms with E-state index in [2.05, 4.69) is 10.6 Å². The third-order valence-corrected chi connectivity index (χ3v) is 4.83. The van der Waals surface area contributed by atoms with E-state index in [0.717, 1.165) is 6.42 Å². The molecule has 1 saturated carbocycles. The maximum Gasteiger partial charge on any atom is 0.322 e. The molecule has 1 heterocycles. The highest BCUT2D eigenvalue weighted by Crippen LogP contribution is 2.29. The number of rotatable bonds is 4. The first-order valence-electron chi connectivity index (χ1n) is 7.86. The van der Waals surface area contributed by atoms with E-state index >= 15 is 0 Å². The third kappa shape index (κ3) is 3.17. The number of halogens is 1. The zero-order valence-electron chi connectivity index (χ0n) is 12.9. The van der Waals surface area contributed by atoms with Crippen molar-refractivity contribution in [3.8, 4) is 0 Å². The van der Waals surface area contributed by atoms with Crippen LogP contribution in [0.2, 0.25) is 5.02 Å². The van der Waals surface area contributed by atoms with Crippen LogP contribution in [0.3, 0.4) is 0 Å². The molecule has 1 aliphatic heterocycles. The van der Waals surface area contributed by atoms with Crippen molar-refractivity contribution in [1.29, 1.82) is 0 Å². The summed E-state index contributed by atoms with van der Waals surface area (Å²) in [6, 6.07) is 4.08. The molecule has 24 heavy (non-hydrogen) atoms. The van der Waals surface area contributed by atoms with Crippen LogP contribution in [0.4, 0.5) is 10.5 Å². The van der Waals surface area contributed by atoms with Crippen LogP contribution in [0.25, 0.3) is 0 Å². The van der Waals surface area contributed by atoms with E-state index < -0.39 is 11.9 Å². The Hall–Kier alpha value is -2.28. The second-order valence-corrected chi connectivity index (χ2v) is 6.41. The lowest BCUT2D eigenvalue weighted by molar-refractivity contribution is -0.142. The molecule has 1 aromatic rings. The molecule has 1 saturated heterocycles. The zero-order valence-corrected chi connectivity index (χ0v) is 13.7. The smallest absolute Gasteiger partial charge is 0.322 e. The van der Waals surface area contributed by atoms with Crippen molar-refractivity contribution in [3.63, 3.8) is 0 Å². The van der Waals surface area contributed by atoms with Gasteiger partial charge in [0.05, 0.1) is 16.6 Å². The minimum Gasteiger partial charge on any atom is -0.481 e. The van der Waals surface area contributed by atoms with Gasteiger partial charge in [0.25, 0.3) is 5.91 Å².